The first-order chi connectivity index (χ1) is 8.70. The van der Waals surface area contributed by atoms with E-state index >= 15 is 0 Å². The van der Waals surface area contributed by atoms with Gasteiger partial charge in [-0.15, -0.1) is 0 Å². The first-order valence-corrected chi connectivity index (χ1v) is 6.00. The van der Waals surface area contributed by atoms with E-state index in [2.05, 4.69) is 4.98 Å². The molecule has 0 saturated heterocycles. The lowest BCUT2D eigenvalue weighted by Gasteiger charge is -2.18. The first-order valence-electron chi connectivity index (χ1n) is 5.63. The summed E-state index contributed by atoms with van der Waals surface area (Å²) in [5, 5.41) is 1.27. The van der Waals surface area contributed by atoms with Crippen LogP contribution >= 0.6 is 11.6 Å². The zero-order valence-corrected chi connectivity index (χ0v) is 10.6. The zero-order valence-electron chi connectivity index (χ0n) is 9.80. The lowest BCUT2D eigenvalue weighted by molar-refractivity contribution is 0.109. The summed E-state index contributed by atoms with van der Waals surface area (Å²) in [6.45, 7) is 1.08. The number of methoxy groups -OCH3 is 1. The Bertz CT molecular complexity index is 630. The molecule has 0 radical (unpaired) electrons. The van der Waals surface area contributed by atoms with Crippen molar-refractivity contribution in [3.05, 3.63) is 34.2 Å². The van der Waals surface area contributed by atoms with E-state index in [1.165, 1.54) is 13.2 Å². The van der Waals surface area contributed by atoms with Gasteiger partial charge in [-0.25, -0.2) is 4.39 Å². The summed E-state index contributed by atoms with van der Waals surface area (Å²) in [6, 6.07) is 2.94. The van der Waals surface area contributed by atoms with Crippen molar-refractivity contribution in [1.82, 2.24) is 4.98 Å². The van der Waals surface area contributed by atoms with Crippen molar-refractivity contribution in [3.8, 4) is 5.75 Å². The van der Waals surface area contributed by atoms with Gasteiger partial charge in [0.25, 0.3) is 0 Å². The first kappa shape index (κ1) is 11.7. The van der Waals surface area contributed by atoms with Gasteiger partial charge in [-0.3, -0.25) is 4.98 Å². The molecule has 2 aromatic rings. The quantitative estimate of drug-likeness (QED) is 0.796. The van der Waals surface area contributed by atoms with Gasteiger partial charge in [-0.05, 0) is 6.07 Å². The second-order valence-corrected chi connectivity index (χ2v) is 4.54. The SMILES string of the molecule is COc1cc2c(Cl)c3c(nc2cc1F)CCOC3. The molecule has 0 atom stereocenters. The average molecular weight is 268 g/mol. The van der Waals surface area contributed by atoms with Crippen molar-refractivity contribution in [2.75, 3.05) is 13.7 Å². The molecular weight excluding hydrogens is 257 g/mol. The van der Waals surface area contributed by atoms with E-state index in [0.717, 1.165) is 11.3 Å². The zero-order chi connectivity index (χ0) is 12.7. The van der Waals surface area contributed by atoms with E-state index in [9.17, 15) is 4.39 Å². The molecular formula is C13H11ClFNO2. The molecule has 5 heteroatoms. The molecule has 0 saturated carbocycles. The maximum atomic E-state index is 13.7. The lowest BCUT2D eigenvalue weighted by Crippen LogP contribution is -2.12. The second-order valence-electron chi connectivity index (χ2n) is 4.16. The minimum atomic E-state index is -0.430. The van der Waals surface area contributed by atoms with E-state index in [-0.39, 0.29) is 5.75 Å². The number of hydrogen-bond acceptors (Lipinski definition) is 3. The summed E-state index contributed by atoms with van der Waals surface area (Å²) >= 11 is 6.34. The summed E-state index contributed by atoms with van der Waals surface area (Å²) in [5.41, 5.74) is 2.34. The number of rotatable bonds is 1. The van der Waals surface area contributed by atoms with Gasteiger partial charge in [0, 0.05) is 23.4 Å². The predicted octanol–water partition coefficient (Wildman–Crippen LogP) is 3.11. The number of ether oxygens (including phenoxy) is 2. The van der Waals surface area contributed by atoms with Gasteiger partial charge < -0.3 is 9.47 Å². The molecule has 0 unspecified atom stereocenters. The number of aromatic nitrogens is 1. The van der Waals surface area contributed by atoms with Gasteiger partial charge in [0.2, 0.25) is 0 Å². The van der Waals surface area contributed by atoms with Crippen LogP contribution in [0.3, 0.4) is 0 Å². The standard InChI is InChI=1S/C13H11ClFNO2/c1-17-12-4-7-11(5-9(12)15)16-10-2-3-18-6-8(10)13(7)14/h4-5H,2-3,6H2,1H3. The fourth-order valence-electron chi connectivity index (χ4n) is 2.17. The number of fused-ring (bicyclic) bond motifs is 2. The molecule has 3 rings (SSSR count). The highest BCUT2D eigenvalue weighted by Gasteiger charge is 2.19. The summed E-state index contributed by atoms with van der Waals surface area (Å²) in [7, 11) is 1.42. The Morgan fingerprint density at radius 3 is 3.06 bits per heavy atom. The van der Waals surface area contributed by atoms with Crippen molar-refractivity contribution in [1.29, 1.82) is 0 Å². The highest BCUT2D eigenvalue weighted by molar-refractivity contribution is 6.36. The topological polar surface area (TPSA) is 31.4 Å². The molecule has 0 bridgehead atoms. The molecule has 3 nitrogen and oxygen atoms in total. The molecule has 0 fully saturated rings. The fraction of sp³-hybridized carbons (Fsp3) is 0.308. The summed E-state index contributed by atoms with van der Waals surface area (Å²) in [4.78, 5) is 4.45. The maximum Gasteiger partial charge on any atom is 0.167 e. The number of nitrogens with zero attached hydrogens (tertiary/aromatic N) is 1. The molecule has 1 aromatic carbocycles. The molecule has 94 valence electrons. The van der Waals surface area contributed by atoms with Gasteiger partial charge in [0.05, 0.1) is 36.6 Å². The third-order valence-corrected chi connectivity index (χ3v) is 3.54. The minimum absolute atomic E-state index is 0.169. The van der Waals surface area contributed by atoms with Crippen molar-refractivity contribution < 1.29 is 13.9 Å². The summed E-state index contributed by atoms with van der Waals surface area (Å²) in [6.07, 6.45) is 0.707. The Balaban J connectivity index is 2.32. The van der Waals surface area contributed by atoms with Gasteiger partial charge in [-0.1, -0.05) is 11.6 Å². The van der Waals surface area contributed by atoms with E-state index in [0.29, 0.717) is 35.6 Å². The van der Waals surface area contributed by atoms with Gasteiger partial charge in [0.1, 0.15) is 0 Å². The highest BCUT2D eigenvalue weighted by atomic mass is 35.5. The minimum Gasteiger partial charge on any atom is -0.494 e. The highest BCUT2D eigenvalue weighted by Crippen LogP contribution is 2.34. The maximum absolute atomic E-state index is 13.7. The number of benzene rings is 1. The average Bonchev–Trinajstić information content (AvgIpc) is 2.38. The number of pyridine rings is 1. The summed E-state index contributed by atoms with van der Waals surface area (Å²) < 4.78 is 24.0. The van der Waals surface area contributed by atoms with Gasteiger partial charge in [0.15, 0.2) is 11.6 Å². The van der Waals surface area contributed by atoms with Crippen LogP contribution < -0.4 is 4.74 Å². The molecule has 1 aliphatic heterocycles. The van der Waals surface area contributed by atoms with Crippen LogP contribution in [-0.2, 0) is 17.8 Å². The predicted molar refractivity (Wildman–Crippen MR) is 66.6 cm³/mol. The number of hydrogen-bond donors (Lipinski definition) is 0. The second kappa shape index (κ2) is 4.37. The van der Waals surface area contributed by atoms with Crippen LogP contribution in [0.4, 0.5) is 4.39 Å². The van der Waals surface area contributed by atoms with Crippen LogP contribution in [0.25, 0.3) is 10.9 Å². The van der Waals surface area contributed by atoms with Crippen molar-refractivity contribution >= 4 is 22.5 Å². The van der Waals surface area contributed by atoms with Crippen LogP contribution in [0.5, 0.6) is 5.75 Å². The molecule has 2 heterocycles. The third-order valence-electron chi connectivity index (χ3n) is 3.10. The lowest BCUT2D eigenvalue weighted by atomic mass is 10.1. The van der Waals surface area contributed by atoms with Crippen LogP contribution in [-0.4, -0.2) is 18.7 Å². The van der Waals surface area contributed by atoms with Crippen molar-refractivity contribution in [2.45, 2.75) is 13.0 Å². The molecule has 0 amide bonds. The Hall–Kier alpha value is -1.39. The van der Waals surface area contributed by atoms with E-state index in [1.54, 1.807) is 6.07 Å². The molecule has 0 N–H and O–H groups in total. The molecule has 0 spiro atoms. The van der Waals surface area contributed by atoms with Crippen LogP contribution in [0, 0.1) is 5.82 Å². The Morgan fingerprint density at radius 1 is 1.44 bits per heavy atom. The summed E-state index contributed by atoms with van der Waals surface area (Å²) in [5.74, 6) is -0.261. The normalized spacial score (nSPS) is 14.6. The van der Waals surface area contributed by atoms with E-state index in [4.69, 9.17) is 21.1 Å². The molecule has 18 heavy (non-hydrogen) atoms. The fourth-order valence-corrected chi connectivity index (χ4v) is 2.48. The van der Waals surface area contributed by atoms with Crippen LogP contribution in [0.2, 0.25) is 5.02 Å². The van der Waals surface area contributed by atoms with Crippen molar-refractivity contribution in [3.63, 3.8) is 0 Å². The van der Waals surface area contributed by atoms with Gasteiger partial charge >= 0.3 is 0 Å². The van der Waals surface area contributed by atoms with Gasteiger partial charge in [-0.2, -0.15) is 0 Å². The molecule has 1 aliphatic rings. The van der Waals surface area contributed by atoms with E-state index in [1.807, 2.05) is 0 Å². The molecule has 1 aromatic heterocycles. The van der Waals surface area contributed by atoms with E-state index < -0.39 is 5.82 Å². The Morgan fingerprint density at radius 2 is 2.28 bits per heavy atom. The van der Waals surface area contributed by atoms with Crippen molar-refractivity contribution in [2.24, 2.45) is 0 Å². The number of halogens is 2. The molecule has 0 aliphatic carbocycles. The largest absolute Gasteiger partial charge is 0.494 e. The Kier molecular flexibility index (Phi) is 2.84. The third kappa shape index (κ3) is 1.72. The van der Waals surface area contributed by atoms with Crippen LogP contribution in [0.1, 0.15) is 11.3 Å². The Labute approximate surface area is 108 Å². The monoisotopic (exact) mass is 267 g/mol. The smallest absolute Gasteiger partial charge is 0.167 e. The van der Waals surface area contributed by atoms with Crippen LogP contribution in [0.15, 0.2) is 12.1 Å².